The second-order valence-corrected chi connectivity index (χ2v) is 4.31. The molecule has 0 spiro atoms. The van der Waals surface area contributed by atoms with Crippen molar-refractivity contribution in [2.24, 2.45) is 0 Å². The van der Waals surface area contributed by atoms with Gasteiger partial charge < -0.3 is 19.5 Å². The summed E-state index contributed by atoms with van der Waals surface area (Å²) >= 11 is 0. The van der Waals surface area contributed by atoms with Gasteiger partial charge in [-0.05, 0) is 6.07 Å². The molecule has 21 heavy (non-hydrogen) atoms. The third-order valence-electron chi connectivity index (χ3n) is 2.88. The monoisotopic (exact) mass is 289 g/mol. The van der Waals surface area contributed by atoms with E-state index in [0.29, 0.717) is 30.7 Å². The Morgan fingerprint density at radius 2 is 1.86 bits per heavy atom. The van der Waals surface area contributed by atoms with Crippen molar-refractivity contribution < 1.29 is 14.2 Å². The number of para-hydroxylation sites is 1. The molecule has 1 heterocycles. The van der Waals surface area contributed by atoms with Crippen LogP contribution in [0.1, 0.15) is 11.4 Å². The number of nitrogens with one attached hydrogen (secondary N) is 1. The molecular weight excluding hydrogens is 270 g/mol. The van der Waals surface area contributed by atoms with Crippen LogP contribution in [0.25, 0.3) is 0 Å². The van der Waals surface area contributed by atoms with Gasteiger partial charge in [-0.2, -0.15) is 4.98 Å². The standard InChI is InChI=1S/C15H19N3O3/c1-19-10-14-17-13(8-15(18-14)21-3)16-9-11-6-4-5-7-12(11)20-2/h4-8H,9-10H2,1-3H3,(H,16,17,18). The van der Waals surface area contributed by atoms with Crippen LogP contribution in [0, 0.1) is 0 Å². The third-order valence-corrected chi connectivity index (χ3v) is 2.88. The van der Waals surface area contributed by atoms with Crippen LogP contribution in [-0.4, -0.2) is 31.3 Å². The Labute approximate surface area is 124 Å². The molecule has 0 fully saturated rings. The van der Waals surface area contributed by atoms with Crippen LogP contribution in [0.15, 0.2) is 30.3 Å². The topological polar surface area (TPSA) is 65.5 Å². The first kappa shape index (κ1) is 15.1. The van der Waals surface area contributed by atoms with E-state index < -0.39 is 0 Å². The van der Waals surface area contributed by atoms with E-state index >= 15 is 0 Å². The Morgan fingerprint density at radius 3 is 2.57 bits per heavy atom. The SMILES string of the molecule is COCc1nc(NCc2ccccc2OC)cc(OC)n1. The molecule has 2 rings (SSSR count). The van der Waals surface area contributed by atoms with Crippen LogP contribution in [-0.2, 0) is 17.9 Å². The predicted molar refractivity (Wildman–Crippen MR) is 79.6 cm³/mol. The van der Waals surface area contributed by atoms with Crippen LogP contribution in [0.5, 0.6) is 11.6 Å². The molecule has 0 atom stereocenters. The quantitative estimate of drug-likeness (QED) is 0.843. The number of hydrogen-bond acceptors (Lipinski definition) is 6. The van der Waals surface area contributed by atoms with Gasteiger partial charge in [0, 0.05) is 25.3 Å². The minimum Gasteiger partial charge on any atom is -0.496 e. The van der Waals surface area contributed by atoms with E-state index in [9.17, 15) is 0 Å². The fourth-order valence-corrected chi connectivity index (χ4v) is 1.90. The van der Waals surface area contributed by atoms with Crippen LogP contribution in [0.3, 0.4) is 0 Å². The van der Waals surface area contributed by atoms with Crippen LogP contribution in [0.4, 0.5) is 5.82 Å². The summed E-state index contributed by atoms with van der Waals surface area (Å²) in [5.41, 5.74) is 1.05. The van der Waals surface area contributed by atoms with Crippen molar-refractivity contribution in [1.29, 1.82) is 0 Å². The summed E-state index contributed by atoms with van der Waals surface area (Å²) in [6.45, 7) is 0.928. The lowest BCUT2D eigenvalue weighted by Crippen LogP contribution is -2.07. The van der Waals surface area contributed by atoms with E-state index in [1.165, 1.54) is 0 Å². The molecule has 6 heteroatoms. The average Bonchev–Trinajstić information content (AvgIpc) is 2.53. The van der Waals surface area contributed by atoms with Crippen molar-refractivity contribution in [1.82, 2.24) is 9.97 Å². The molecule has 1 N–H and O–H groups in total. The summed E-state index contributed by atoms with van der Waals surface area (Å²) in [7, 11) is 4.83. The fraction of sp³-hybridized carbons (Fsp3) is 0.333. The summed E-state index contributed by atoms with van der Waals surface area (Å²) in [6, 6.07) is 9.58. The maximum Gasteiger partial charge on any atom is 0.218 e. The van der Waals surface area contributed by atoms with Gasteiger partial charge >= 0.3 is 0 Å². The van der Waals surface area contributed by atoms with Crippen LogP contribution < -0.4 is 14.8 Å². The van der Waals surface area contributed by atoms with E-state index in [1.807, 2.05) is 24.3 Å². The largest absolute Gasteiger partial charge is 0.496 e. The zero-order valence-corrected chi connectivity index (χ0v) is 12.4. The highest BCUT2D eigenvalue weighted by molar-refractivity contribution is 5.42. The molecule has 0 bridgehead atoms. The zero-order chi connectivity index (χ0) is 15.1. The van der Waals surface area contributed by atoms with Gasteiger partial charge in [-0.25, -0.2) is 4.98 Å². The van der Waals surface area contributed by atoms with Gasteiger partial charge in [-0.15, -0.1) is 0 Å². The lowest BCUT2D eigenvalue weighted by Gasteiger charge is -2.11. The number of benzene rings is 1. The first-order valence-electron chi connectivity index (χ1n) is 6.53. The van der Waals surface area contributed by atoms with Crippen molar-refractivity contribution in [3.63, 3.8) is 0 Å². The number of anilines is 1. The molecular formula is C15H19N3O3. The second-order valence-electron chi connectivity index (χ2n) is 4.31. The van der Waals surface area contributed by atoms with Gasteiger partial charge in [0.15, 0.2) is 5.82 Å². The molecule has 1 aromatic heterocycles. The number of rotatable bonds is 7. The molecule has 0 saturated carbocycles. The maximum absolute atomic E-state index is 5.32. The van der Waals surface area contributed by atoms with Gasteiger partial charge in [0.1, 0.15) is 18.2 Å². The summed E-state index contributed by atoms with van der Waals surface area (Å²) < 4.78 is 15.5. The van der Waals surface area contributed by atoms with E-state index in [0.717, 1.165) is 11.3 Å². The van der Waals surface area contributed by atoms with Crippen LogP contribution in [0.2, 0.25) is 0 Å². The minimum atomic E-state index is 0.334. The summed E-state index contributed by atoms with van der Waals surface area (Å²) in [6.07, 6.45) is 0. The highest BCUT2D eigenvalue weighted by atomic mass is 16.5. The molecule has 2 aromatic rings. The number of nitrogens with zero attached hydrogens (tertiary/aromatic N) is 2. The molecule has 0 unspecified atom stereocenters. The van der Waals surface area contributed by atoms with E-state index in [1.54, 1.807) is 27.4 Å². The maximum atomic E-state index is 5.32. The zero-order valence-electron chi connectivity index (χ0n) is 12.4. The molecule has 0 amide bonds. The molecule has 0 aliphatic carbocycles. The molecule has 6 nitrogen and oxygen atoms in total. The summed E-state index contributed by atoms with van der Waals surface area (Å²) in [4.78, 5) is 8.58. The number of methoxy groups -OCH3 is 3. The molecule has 0 saturated heterocycles. The molecule has 0 aliphatic rings. The lowest BCUT2D eigenvalue weighted by atomic mass is 10.2. The van der Waals surface area contributed by atoms with Crippen molar-refractivity contribution in [2.75, 3.05) is 26.6 Å². The van der Waals surface area contributed by atoms with Crippen LogP contribution >= 0.6 is 0 Å². The highest BCUT2D eigenvalue weighted by Crippen LogP contribution is 2.19. The van der Waals surface area contributed by atoms with Gasteiger partial charge in [0.05, 0.1) is 14.2 Å². The van der Waals surface area contributed by atoms with Crippen molar-refractivity contribution in [2.45, 2.75) is 13.2 Å². The third kappa shape index (κ3) is 4.06. The Bertz CT molecular complexity index is 590. The Morgan fingerprint density at radius 1 is 1.05 bits per heavy atom. The smallest absolute Gasteiger partial charge is 0.218 e. The van der Waals surface area contributed by atoms with Crippen molar-refractivity contribution in [3.8, 4) is 11.6 Å². The number of hydrogen-bond donors (Lipinski definition) is 1. The predicted octanol–water partition coefficient (Wildman–Crippen LogP) is 2.25. The van der Waals surface area contributed by atoms with Gasteiger partial charge in [0.25, 0.3) is 0 Å². The van der Waals surface area contributed by atoms with Crippen molar-refractivity contribution in [3.05, 3.63) is 41.7 Å². The lowest BCUT2D eigenvalue weighted by molar-refractivity contribution is 0.177. The van der Waals surface area contributed by atoms with Gasteiger partial charge in [-0.1, -0.05) is 18.2 Å². The minimum absolute atomic E-state index is 0.334. The Balaban J connectivity index is 2.13. The average molecular weight is 289 g/mol. The first-order chi connectivity index (χ1) is 10.3. The van der Waals surface area contributed by atoms with Gasteiger partial charge in [0.2, 0.25) is 5.88 Å². The highest BCUT2D eigenvalue weighted by Gasteiger charge is 2.06. The summed E-state index contributed by atoms with van der Waals surface area (Å²) in [5, 5.41) is 3.24. The van der Waals surface area contributed by atoms with E-state index in [4.69, 9.17) is 14.2 Å². The second kappa shape index (κ2) is 7.44. The Kier molecular flexibility index (Phi) is 5.34. The van der Waals surface area contributed by atoms with E-state index in [2.05, 4.69) is 15.3 Å². The van der Waals surface area contributed by atoms with Gasteiger partial charge in [-0.3, -0.25) is 0 Å². The molecule has 0 aliphatic heterocycles. The van der Waals surface area contributed by atoms with Crippen molar-refractivity contribution >= 4 is 5.82 Å². The first-order valence-corrected chi connectivity index (χ1v) is 6.53. The summed E-state index contributed by atoms with van der Waals surface area (Å²) in [5.74, 6) is 2.59. The van der Waals surface area contributed by atoms with E-state index in [-0.39, 0.29) is 0 Å². The normalized spacial score (nSPS) is 10.2. The Hall–Kier alpha value is -2.34. The molecule has 0 radical (unpaired) electrons. The number of aromatic nitrogens is 2. The fourth-order valence-electron chi connectivity index (χ4n) is 1.90. The molecule has 1 aromatic carbocycles. The number of ether oxygens (including phenoxy) is 3. The molecule has 112 valence electrons.